The SMILES string of the molecule is CCCCOc1ccc2ccccc2c1C1=CC=CO[C]1. The van der Waals surface area contributed by atoms with E-state index in [4.69, 9.17) is 9.47 Å². The smallest absolute Gasteiger partial charge is 0.230 e. The molecule has 0 aromatic heterocycles. The van der Waals surface area contributed by atoms with E-state index in [0.717, 1.165) is 41.7 Å². The van der Waals surface area contributed by atoms with Crippen LogP contribution in [0.25, 0.3) is 16.3 Å². The van der Waals surface area contributed by atoms with Crippen LogP contribution >= 0.6 is 0 Å². The van der Waals surface area contributed by atoms with E-state index in [0.29, 0.717) is 0 Å². The Hall–Kier alpha value is -2.22. The van der Waals surface area contributed by atoms with Crippen molar-refractivity contribution in [3.8, 4) is 5.75 Å². The minimum absolute atomic E-state index is 0.728. The lowest BCUT2D eigenvalue weighted by atomic mass is 9.96. The van der Waals surface area contributed by atoms with Gasteiger partial charge < -0.3 is 9.47 Å². The van der Waals surface area contributed by atoms with E-state index < -0.39 is 0 Å². The first-order valence-corrected chi connectivity index (χ1v) is 7.33. The van der Waals surface area contributed by atoms with Crippen molar-refractivity contribution in [2.75, 3.05) is 6.61 Å². The number of unbranched alkanes of at least 4 members (excludes halogenated alkanes) is 1. The molecule has 1 heterocycles. The molecule has 3 rings (SSSR count). The summed E-state index contributed by atoms with van der Waals surface area (Å²) in [4.78, 5) is 0. The van der Waals surface area contributed by atoms with Crippen LogP contribution in [0, 0.1) is 6.61 Å². The molecule has 0 saturated carbocycles. The number of fused-ring (bicyclic) bond motifs is 1. The Balaban J connectivity index is 2.08. The van der Waals surface area contributed by atoms with Crippen molar-refractivity contribution in [2.45, 2.75) is 19.8 Å². The summed E-state index contributed by atoms with van der Waals surface area (Å²) in [6, 6.07) is 12.4. The molecule has 0 saturated heterocycles. The second-order valence-corrected chi connectivity index (χ2v) is 4.99. The number of allylic oxidation sites excluding steroid dienone is 2. The fourth-order valence-corrected chi connectivity index (χ4v) is 2.42. The number of hydrogen-bond acceptors (Lipinski definition) is 2. The van der Waals surface area contributed by atoms with E-state index in [1.54, 1.807) is 6.26 Å². The highest BCUT2D eigenvalue weighted by atomic mass is 16.5. The van der Waals surface area contributed by atoms with Crippen LogP contribution in [0.1, 0.15) is 25.3 Å². The Morgan fingerprint density at radius 3 is 2.86 bits per heavy atom. The zero-order valence-corrected chi connectivity index (χ0v) is 12.1. The van der Waals surface area contributed by atoms with Crippen molar-refractivity contribution >= 4 is 16.3 Å². The molecule has 0 fully saturated rings. The maximum absolute atomic E-state index is 5.98. The quantitative estimate of drug-likeness (QED) is 0.718. The first-order valence-electron chi connectivity index (χ1n) is 7.33. The lowest BCUT2D eigenvalue weighted by Gasteiger charge is -2.17. The first kappa shape index (κ1) is 13.7. The second-order valence-electron chi connectivity index (χ2n) is 4.99. The maximum atomic E-state index is 5.98. The van der Waals surface area contributed by atoms with Crippen molar-refractivity contribution in [2.24, 2.45) is 0 Å². The van der Waals surface area contributed by atoms with Gasteiger partial charge in [0.15, 0.2) is 0 Å². The molecule has 0 spiro atoms. The third kappa shape index (κ3) is 2.94. The second kappa shape index (κ2) is 6.49. The Labute approximate surface area is 125 Å². The first-order chi connectivity index (χ1) is 10.4. The topological polar surface area (TPSA) is 18.5 Å². The van der Waals surface area contributed by atoms with Gasteiger partial charge in [0.1, 0.15) is 5.75 Å². The molecule has 0 amide bonds. The van der Waals surface area contributed by atoms with Crippen molar-refractivity contribution < 1.29 is 9.47 Å². The largest absolute Gasteiger partial charge is 0.493 e. The maximum Gasteiger partial charge on any atom is 0.230 e. The zero-order valence-electron chi connectivity index (χ0n) is 12.1. The van der Waals surface area contributed by atoms with Gasteiger partial charge in [0.2, 0.25) is 6.61 Å². The standard InChI is InChI=1S/C19H18O2/c1-2-3-13-21-18-11-10-15-7-4-5-9-17(15)19(18)16-8-6-12-20-14-16/h4-12H,2-3,13H2,1H3. The van der Waals surface area contributed by atoms with Gasteiger partial charge in [-0.2, -0.15) is 0 Å². The minimum Gasteiger partial charge on any atom is -0.493 e. The molecule has 1 aliphatic rings. The summed E-state index contributed by atoms with van der Waals surface area (Å²) in [5.74, 6) is 0.889. The Morgan fingerprint density at radius 1 is 1.14 bits per heavy atom. The summed E-state index contributed by atoms with van der Waals surface area (Å²) in [7, 11) is 0. The fourth-order valence-electron chi connectivity index (χ4n) is 2.42. The van der Waals surface area contributed by atoms with Gasteiger partial charge in [0.25, 0.3) is 0 Å². The summed E-state index contributed by atoms with van der Waals surface area (Å²) in [6.07, 6.45) is 7.67. The third-order valence-corrected chi connectivity index (χ3v) is 3.49. The van der Waals surface area contributed by atoms with Crippen molar-refractivity contribution in [3.63, 3.8) is 0 Å². The highest BCUT2D eigenvalue weighted by Crippen LogP contribution is 2.36. The molecule has 2 nitrogen and oxygen atoms in total. The van der Waals surface area contributed by atoms with Gasteiger partial charge in [-0.25, -0.2) is 0 Å². The molecule has 2 heteroatoms. The van der Waals surface area contributed by atoms with Crippen LogP contribution in [0.3, 0.4) is 0 Å². The van der Waals surface area contributed by atoms with E-state index in [-0.39, 0.29) is 0 Å². The number of benzene rings is 2. The molecule has 0 bridgehead atoms. The van der Waals surface area contributed by atoms with Gasteiger partial charge in [-0.3, -0.25) is 0 Å². The Kier molecular flexibility index (Phi) is 4.25. The third-order valence-electron chi connectivity index (χ3n) is 3.49. The summed E-state index contributed by atoms with van der Waals surface area (Å²) in [5, 5.41) is 2.34. The number of hydrogen-bond donors (Lipinski definition) is 0. The van der Waals surface area contributed by atoms with Crippen molar-refractivity contribution in [1.29, 1.82) is 0 Å². The normalized spacial score (nSPS) is 13.9. The summed E-state index contributed by atoms with van der Waals surface area (Å²) in [5.41, 5.74) is 1.97. The van der Waals surface area contributed by atoms with E-state index in [1.807, 2.05) is 30.4 Å². The van der Waals surface area contributed by atoms with Gasteiger partial charge >= 0.3 is 0 Å². The highest BCUT2D eigenvalue weighted by molar-refractivity contribution is 5.98. The summed E-state index contributed by atoms with van der Waals surface area (Å²) < 4.78 is 11.2. The molecule has 21 heavy (non-hydrogen) atoms. The van der Waals surface area contributed by atoms with Crippen LogP contribution in [0.4, 0.5) is 0 Å². The lowest BCUT2D eigenvalue weighted by Crippen LogP contribution is -2.02. The Morgan fingerprint density at radius 2 is 2.05 bits per heavy atom. The van der Waals surface area contributed by atoms with Gasteiger partial charge in [-0.05, 0) is 29.3 Å². The fraction of sp³-hybridized carbons (Fsp3) is 0.211. The monoisotopic (exact) mass is 278 g/mol. The molecular weight excluding hydrogens is 260 g/mol. The van der Waals surface area contributed by atoms with E-state index in [2.05, 4.69) is 31.7 Å². The minimum atomic E-state index is 0.728. The molecule has 0 aliphatic carbocycles. The van der Waals surface area contributed by atoms with Crippen LogP contribution in [0.5, 0.6) is 5.75 Å². The van der Waals surface area contributed by atoms with Crippen LogP contribution < -0.4 is 4.74 Å². The summed E-state index contributed by atoms with van der Waals surface area (Å²) in [6.45, 7) is 5.84. The molecule has 2 aromatic rings. The molecule has 0 unspecified atom stereocenters. The van der Waals surface area contributed by atoms with E-state index in [9.17, 15) is 0 Å². The Bertz CT molecular complexity index is 683. The summed E-state index contributed by atoms with van der Waals surface area (Å²) >= 11 is 0. The molecule has 2 aromatic carbocycles. The molecule has 1 aliphatic heterocycles. The van der Waals surface area contributed by atoms with Crippen molar-refractivity contribution in [3.05, 3.63) is 67.0 Å². The molecule has 0 atom stereocenters. The van der Waals surface area contributed by atoms with Gasteiger partial charge in [0.05, 0.1) is 12.9 Å². The lowest BCUT2D eigenvalue weighted by molar-refractivity contribution is 0.308. The van der Waals surface area contributed by atoms with Crippen LogP contribution in [0.2, 0.25) is 0 Å². The molecule has 2 radical (unpaired) electrons. The van der Waals surface area contributed by atoms with Gasteiger partial charge in [-0.15, -0.1) is 0 Å². The number of ether oxygens (including phenoxy) is 2. The van der Waals surface area contributed by atoms with E-state index in [1.165, 1.54) is 5.39 Å². The predicted octanol–water partition coefficient (Wildman–Crippen LogP) is 4.98. The van der Waals surface area contributed by atoms with E-state index >= 15 is 0 Å². The van der Waals surface area contributed by atoms with Gasteiger partial charge in [0, 0.05) is 11.1 Å². The van der Waals surface area contributed by atoms with Crippen molar-refractivity contribution in [1.82, 2.24) is 0 Å². The van der Waals surface area contributed by atoms with Crippen LogP contribution in [-0.4, -0.2) is 6.61 Å². The average Bonchev–Trinajstić information content (AvgIpc) is 2.55. The molecule has 0 N–H and O–H groups in total. The average molecular weight is 278 g/mol. The molecular formula is C19H18O2. The number of rotatable bonds is 5. The highest BCUT2D eigenvalue weighted by Gasteiger charge is 2.16. The van der Waals surface area contributed by atoms with Crippen LogP contribution in [-0.2, 0) is 4.74 Å². The van der Waals surface area contributed by atoms with Crippen LogP contribution in [0.15, 0.2) is 54.8 Å². The molecule has 106 valence electrons. The predicted molar refractivity (Wildman–Crippen MR) is 85.8 cm³/mol. The van der Waals surface area contributed by atoms with Gasteiger partial charge in [-0.1, -0.05) is 49.8 Å². The zero-order chi connectivity index (χ0) is 14.5.